The molecule has 2 atom stereocenters. The van der Waals surface area contributed by atoms with Crippen LogP contribution in [0.25, 0.3) is 0 Å². The van der Waals surface area contributed by atoms with E-state index >= 15 is 0 Å². The van der Waals surface area contributed by atoms with E-state index in [1.54, 1.807) is 44.2 Å². The number of ether oxygens (including phenoxy) is 4. The first-order chi connectivity index (χ1) is 21.7. The number of anilines is 1. The number of benzene rings is 2. The van der Waals surface area contributed by atoms with Gasteiger partial charge in [0.1, 0.15) is 10.8 Å². The Labute approximate surface area is 268 Å². The molecular weight excluding hydrogens is 594 g/mol. The van der Waals surface area contributed by atoms with E-state index in [-0.39, 0.29) is 12.5 Å². The maximum atomic E-state index is 13.1. The molecule has 0 saturated carbocycles. The number of amides is 2. The first-order valence-corrected chi connectivity index (χ1v) is 16.2. The predicted molar refractivity (Wildman–Crippen MR) is 175 cm³/mol. The molecule has 10 nitrogen and oxygen atoms in total. The molecule has 45 heavy (non-hydrogen) atoms. The monoisotopic (exact) mass is 635 g/mol. The zero-order chi connectivity index (χ0) is 32.3. The third-order valence-electron chi connectivity index (χ3n) is 7.13. The molecule has 240 valence electrons. The molecule has 11 heteroatoms. The molecule has 0 spiro atoms. The van der Waals surface area contributed by atoms with Gasteiger partial charge in [0.15, 0.2) is 17.6 Å². The van der Waals surface area contributed by atoms with Gasteiger partial charge in [0.2, 0.25) is 0 Å². The minimum Gasteiger partial charge on any atom is -0.490 e. The Balaban J connectivity index is 1.34. The van der Waals surface area contributed by atoms with E-state index in [1.165, 1.54) is 17.6 Å². The number of fused-ring (bicyclic) bond motifs is 1. The molecule has 3 aromatic rings. The van der Waals surface area contributed by atoms with Gasteiger partial charge in [0.25, 0.3) is 11.8 Å². The van der Waals surface area contributed by atoms with E-state index < -0.39 is 18.0 Å². The second kappa shape index (κ2) is 16.1. The van der Waals surface area contributed by atoms with Gasteiger partial charge in [-0.25, -0.2) is 10.2 Å². The summed E-state index contributed by atoms with van der Waals surface area (Å²) in [4.78, 5) is 39.6. The lowest BCUT2D eigenvalue weighted by molar-refractivity contribution is -0.127. The summed E-state index contributed by atoms with van der Waals surface area (Å²) in [6, 6.07) is 11.9. The first kappa shape index (κ1) is 33.5. The van der Waals surface area contributed by atoms with Gasteiger partial charge < -0.3 is 24.3 Å². The van der Waals surface area contributed by atoms with Crippen LogP contribution in [0.1, 0.15) is 84.2 Å². The molecule has 0 unspecified atom stereocenters. The quantitative estimate of drug-likeness (QED) is 0.119. The maximum Gasteiger partial charge on any atom is 0.341 e. The Morgan fingerprint density at radius 1 is 1.04 bits per heavy atom. The summed E-state index contributed by atoms with van der Waals surface area (Å²) >= 11 is 1.44. The lowest BCUT2D eigenvalue weighted by Gasteiger charge is -2.18. The molecule has 1 aromatic heterocycles. The lowest BCUT2D eigenvalue weighted by atomic mass is 9.88. The van der Waals surface area contributed by atoms with Crippen molar-refractivity contribution in [3.63, 3.8) is 0 Å². The molecule has 2 aromatic carbocycles. The number of hydrogen-bond donors (Lipinski definition) is 2. The number of thiophene rings is 1. The summed E-state index contributed by atoms with van der Waals surface area (Å²) in [6.45, 7) is 10.8. The van der Waals surface area contributed by atoms with Gasteiger partial charge in [-0.3, -0.25) is 9.59 Å². The normalized spacial score (nSPS) is 14.7. The molecule has 0 radical (unpaired) electrons. The van der Waals surface area contributed by atoms with Crippen LogP contribution in [0.2, 0.25) is 0 Å². The average molecular weight is 636 g/mol. The smallest absolute Gasteiger partial charge is 0.341 e. The zero-order valence-electron chi connectivity index (χ0n) is 26.4. The van der Waals surface area contributed by atoms with Crippen molar-refractivity contribution >= 4 is 40.3 Å². The summed E-state index contributed by atoms with van der Waals surface area (Å²) < 4.78 is 22.5. The predicted octanol–water partition coefficient (Wildman–Crippen LogP) is 6.41. The Hall–Kier alpha value is -4.38. The standard InChI is InChI=1S/C34H41N3O7S/c1-6-17-43-27-16-10-23(19-28(27)41-7-2)20-35-37-31(38)22(5)44-25-13-11-24(12-14-25)32(39)36-33-30(34(40)42-8-3)26-15-9-21(4)18-29(26)45-33/h10-14,16,19-22H,6-9,15,17-18H2,1-5H3,(H,36,39)(H,37,38)/b35-20-/t21-,22+/m0/s1. The number of nitrogens with zero attached hydrogens (tertiary/aromatic N) is 1. The first-order valence-electron chi connectivity index (χ1n) is 15.4. The second-order valence-electron chi connectivity index (χ2n) is 10.7. The molecule has 0 aliphatic heterocycles. The number of rotatable bonds is 14. The van der Waals surface area contributed by atoms with E-state index in [4.69, 9.17) is 18.9 Å². The molecule has 0 bridgehead atoms. The topological polar surface area (TPSA) is 125 Å². The SMILES string of the molecule is CCCOc1ccc(/C=N\NC(=O)[C@@H](C)Oc2ccc(C(=O)Nc3sc4c(c3C(=O)OCC)CC[C@H](C)C4)cc2)cc1OCC. The van der Waals surface area contributed by atoms with Gasteiger partial charge in [-0.2, -0.15) is 5.10 Å². The minimum absolute atomic E-state index is 0.260. The second-order valence-corrected chi connectivity index (χ2v) is 11.8. The van der Waals surface area contributed by atoms with E-state index in [9.17, 15) is 14.4 Å². The Morgan fingerprint density at radius 3 is 2.53 bits per heavy atom. The van der Waals surface area contributed by atoms with Crippen LogP contribution >= 0.6 is 11.3 Å². The highest BCUT2D eigenvalue weighted by molar-refractivity contribution is 7.17. The highest BCUT2D eigenvalue weighted by Crippen LogP contribution is 2.40. The fourth-order valence-electron chi connectivity index (χ4n) is 4.84. The minimum atomic E-state index is -0.849. The Bertz CT molecular complexity index is 1520. The number of nitrogens with one attached hydrogen (secondary N) is 2. The van der Waals surface area contributed by atoms with Crippen LogP contribution in [0.3, 0.4) is 0 Å². The molecule has 2 N–H and O–H groups in total. The molecule has 4 rings (SSSR count). The number of carbonyl (C=O) groups excluding carboxylic acids is 3. The summed E-state index contributed by atoms with van der Waals surface area (Å²) in [7, 11) is 0. The average Bonchev–Trinajstić information content (AvgIpc) is 3.37. The van der Waals surface area contributed by atoms with Gasteiger partial charge >= 0.3 is 5.97 Å². The molecule has 0 fully saturated rings. The van der Waals surface area contributed by atoms with Gasteiger partial charge in [-0.05, 0) is 106 Å². The Kier molecular flexibility index (Phi) is 12.0. The van der Waals surface area contributed by atoms with Crippen LogP contribution in [0.15, 0.2) is 47.6 Å². The summed E-state index contributed by atoms with van der Waals surface area (Å²) in [5.41, 5.74) is 5.05. The fourth-order valence-corrected chi connectivity index (χ4v) is 6.24. The van der Waals surface area contributed by atoms with Crippen molar-refractivity contribution in [3.8, 4) is 17.2 Å². The van der Waals surface area contributed by atoms with Crippen LogP contribution in [-0.4, -0.2) is 49.9 Å². The molecular formula is C34H41N3O7S. The van der Waals surface area contributed by atoms with E-state index in [0.29, 0.717) is 52.5 Å². The number of hydrogen-bond acceptors (Lipinski definition) is 9. The zero-order valence-corrected chi connectivity index (χ0v) is 27.3. The van der Waals surface area contributed by atoms with Crippen molar-refractivity contribution in [2.75, 3.05) is 25.1 Å². The van der Waals surface area contributed by atoms with E-state index in [1.807, 2.05) is 26.0 Å². The van der Waals surface area contributed by atoms with Crippen LogP contribution < -0.4 is 25.0 Å². The van der Waals surface area contributed by atoms with Gasteiger partial charge in [-0.1, -0.05) is 13.8 Å². The molecule has 1 aliphatic rings. The highest BCUT2D eigenvalue weighted by atomic mass is 32.1. The van der Waals surface area contributed by atoms with Crippen molar-refractivity contribution in [2.24, 2.45) is 11.0 Å². The van der Waals surface area contributed by atoms with Crippen LogP contribution in [-0.2, 0) is 22.4 Å². The van der Waals surface area contributed by atoms with E-state index in [0.717, 1.165) is 41.7 Å². The summed E-state index contributed by atoms with van der Waals surface area (Å²) in [5, 5.41) is 7.48. The summed E-state index contributed by atoms with van der Waals surface area (Å²) in [6.07, 6.45) is 4.21. The van der Waals surface area contributed by atoms with Crippen LogP contribution in [0, 0.1) is 5.92 Å². The molecule has 0 saturated heterocycles. The third kappa shape index (κ3) is 8.85. The van der Waals surface area contributed by atoms with Gasteiger partial charge in [0.05, 0.1) is 31.6 Å². The largest absolute Gasteiger partial charge is 0.490 e. The van der Waals surface area contributed by atoms with Gasteiger partial charge in [0, 0.05) is 10.4 Å². The van der Waals surface area contributed by atoms with Crippen molar-refractivity contribution in [2.45, 2.75) is 66.4 Å². The fraction of sp³-hybridized carbons (Fsp3) is 0.412. The molecule has 1 aliphatic carbocycles. The van der Waals surface area contributed by atoms with Crippen molar-refractivity contribution in [1.29, 1.82) is 0 Å². The molecule has 1 heterocycles. The summed E-state index contributed by atoms with van der Waals surface area (Å²) in [5.74, 6) is 1.00. The highest BCUT2D eigenvalue weighted by Gasteiger charge is 2.29. The number of esters is 1. The molecule has 2 amide bonds. The Morgan fingerprint density at radius 2 is 1.82 bits per heavy atom. The third-order valence-corrected chi connectivity index (χ3v) is 8.30. The van der Waals surface area contributed by atoms with Crippen molar-refractivity contribution < 1.29 is 33.3 Å². The number of hydrazone groups is 1. The van der Waals surface area contributed by atoms with Crippen molar-refractivity contribution in [3.05, 3.63) is 69.6 Å². The van der Waals surface area contributed by atoms with Gasteiger partial charge in [-0.15, -0.1) is 11.3 Å². The number of carbonyl (C=O) groups is 3. The van der Waals surface area contributed by atoms with Crippen LogP contribution in [0.4, 0.5) is 5.00 Å². The van der Waals surface area contributed by atoms with E-state index in [2.05, 4.69) is 22.8 Å². The van der Waals surface area contributed by atoms with Crippen molar-refractivity contribution in [1.82, 2.24) is 5.43 Å². The van der Waals surface area contributed by atoms with Crippen LogP contribution in [0.5, 0.6) is 17.2 Å². The lowest BCUT2D eigenvalue weighted by Crippen LogP contribution is -2.33. The maximum absolute atomic E-state index is 13.1.